The number of aromatic nitrogens is 3. The van der Waals surface area contributed by atoms with Crippen LogP contribution in [0.5, 0.6) is 0 Å². The molecule has 0 unspecified atom stereocenters. The highest BCUT2D eigenvalue weighted by Gasteiger charge is 2.21. The lowest BCUT2D eigenvalue weighted by molar-refractivity contribution is 0.0736. The van der Waals surface area contributed by atoms with Gasteiger partial charge < -0.3 is 20.1 Å². The molecule has 3 N–H and O–H groups in total. The molecule has 0 saturated carbocycles. The molecule has 5 aromatic rings. The average Bonchev–Trinajstić information content (AvgIpc) is 3.65. The molecule has 11 heteroatoms. The Hall–Kier alpha value is -5.03. The van der Waals surface area contributed by atoms with Crippen LogP contribution in [0.3, 0.4) is 0 Å². The number of halogens is 1. The molecule has 0 bridgehead atoms. The number of hydrogen-bond acceptors (Lipinski definition) is 6. The van der Waals surface area contributed by atoms with E-state index in [4.69, 9.17) is 4.52 Å². The van der Waals surface area contributed by atoms with Gasteiger partial charge in [-0.1, -0.05) is 44.1 Å². The Morgan fingerprint density at radius 3 is 2.37 bits per heavy atom. The van der Waals surface area contributed by atoms with E-state index in [1.165, 1.54) is 12.1 Å². The second-order valence-corrected chi connectivity index (χ2v) is 11.5. The molecule has 1 aliphatic rings. The van der Waals surface area contributed by atoms with Crippen molar-refractivity contribution in [2.24, 2.45) is 0 Å². The number of amides is 3. The Morgan fingerprint density at radius 1 is 0.930 bits per heavy atom. The molecule has 6 rings (SSSR count). The molecule has 1 fully saturated rings. The Labute approximate surface area is 247 Å². The van der Waals surface area contributed by atoms with Gasteiger partial charge in [0.05, 0.1) is 17.6 Å². The maximum absolute atomic E-state index is 15.1. The summed E-state index contributed by atoms with van der Waals surface area (Å²) in [7, 11) is 0. The minimum absolute atomic E-state index is 0.0239. The van der Waals surface area contributed by atoms with Crippen LogP contribution in [0.15, 0.2) is 77.6 Å². The van der Waals surface area contributed by atoms with Crippen molar-refractivity contribution in [2.75, 3.05) is 36.8 Å². The van der Waals surface area contributed by atoms with Gasteiger partial charge in [-0.25, -0.2) is 14.2 Å². The first-order chi connectivity index (χ1) is 20.7. The lowest BCUT2D eigenvalue weighted by atomic mass is 9.93. The fourth-order valence-corrected chi connectivity index (χ4v) is 4.96. The molecular formula is C32H32FN7O3. The summed E-state index contributed by atoms with van der Waals surface area (Å²) in [5.74, 6) is 0.309. The number of carbonyl (C=O) groups is 2. The summed E-state index contributed by atoms with van der Waals surface area (Å²) in [5.41, 5.74) is 4.33. The Kier molecular flexibility index (Phi) is 7.41. The molecule has 1 aliphatic heterocycles. The number of nitrogens with one attached hydrogen (secondary N) is 3. The number of pyridine rings is 1. The lowest BCUT2D eigenvalue weighted by Crippen LogP contribution is -2.46. The third kappa shape index (κ3) is 5.98. The summed E-state index contributed by atoms with van der Waals surface area (Å²) in [5, 5.41) is 12.2. The number of benzene rings is 2. The minimum atomic E-state index is -0.635. The third-order valence-corrected chi connectivity index (χ3v) is 7.39. The molecule has 220 valence electrons. The van der Waals surface area contributed by atoms with E-state index in [1.54, 1.807) is 18.3 Å². The molecule has 4 heterocycles. The van der Waals surface area contributed by atoms with Crippen molar-refractivity contribution in [3.05, 3.63) is 90.2 Å². The Morgan fingerprint density at radius 2 is 1.67 bits per heavy atom. The molecule has 0 spiro atoms. The van der Waals surface area contributed by atoms with Gasteiger partial charge in [0.2, 0.25) is 0 Å². The molecule has 1 saturated heterocycles. The SMILES string of the molecule is CC(C)(C)c1cc(NC(=O)Nc2ccc(-c3cnc4cc(-c5ccc(C(=O)N6CCNCC6)cc5)ccn34)cc2F)no1. The largest absolute Gasteiger partial charge is 0.359 e. The quantitative estimate of drug-likeness (QED) is 0.242. The van der Waals surface area contributed by atoms with Gasteiger partial charge in [-0.2, -0.15) is 0 Å². The summed E-state index contributed by atoms with van der Waals surface area (Å²) >= 11 is 0. The lowest BCUT2D eigenvalue weighted by Gasteiger charge is -2.27. The predicted octanol–water partition coefficient (Wildman–Crippen LogP) is 5.78. The van der Waals surface area contributed by atoms with Crippen LogP contribution in [0, 0.1) is 5.82 Å². The number of fused-ring (bicyclic) bond motifs is 1. The van der Waals surface area contributed by atoms with Crippen LogP contribution in [0.2, 0.25) is 0 Å². The number of hydrogen-bond donors (Lipinski definition) is 3. The number of rotatable bonds is 5. The summed E-state index contributed by atoms with van der Waals surface area (Å²) in [6.07, 6.45) is 3.56. The van der Waals surface area contributed by atoms with E-state index in [-0.39, 0.29) is 22.8 Å². The van der Waals surface area contributed by atoms with E-state index in [1.807, 2.05) is 72.7 Å². The summed E-state index contributed by atoms with van der Waals surface area (Å²) in [6, 6.07) is 17.1. The van der Waals surface area contributed by atoms with Crippen LogP contribution < -0.4 is 16.0 Å². The van der Waals surface area contributed by atoms with Crippen LogP contribution in [-0.4, -0.2) is 57.6 Å². The first-order valence-corrected chi connectivity index (χ1v) is 14.1. The van der Waals surface area contributed by atoms with Crippen molar-refractivity contribution in [1.29, 1.82) is 0 Å². The third-order valence-electron chi connectivity index (χ3n) is 7.39. The van der Waals surface area contributed by atoms with Gasteiger partial charge in [-0.3, -0.25) is 14.5 Å². The van der Waals surface area contributed by atoms with Gasteiger partial charge in [0.1, 0.15) is 17.2 Å². The normalized spacial score (nSPS) is 13.7. The van der Waals surface area contributed by atoms with E-state index < -0.39 is 11.8 Å². The zero-order valence-corrected chi connectivity index (χ0v) is 24.1. The summed E-state index contributed by atoms with van der Waals surface area (Å²) in [4.78, 5) is 31.6. The number of piperazine rings is 1. The van der Waals surface area contributed by atoms with Gasteiger partial charge >= 0.3 is 6.03 Å². The number of anilines is 2. The van der Waals surface area contributed by atoms with E-state index in [0.29, 0.717) is 41.3 Å². The van der Waals surface area contributed by atoms with Gasteiger partial charge in [-0.15, -0.1) is 0 Å². The van der Waals surface area contributed by atoms with Gasteiger partial charge in [0.15, 0.2) is 5.82 Å². The van der Waals surface area contributed by atoms with Crippen LogP contribution >= 0.6 is 0 Å². The van der Waals surface area contributed by atoms with Gasteiger partial charge in [0, 0.05) is 55.0 Å². The van der Waals surface area contributed by atoms with Crippen molar-refractivity contribution in [3.63, 3.8) is 0 Å². The molecule has 10 nitrogen and oxygen atoms in total. The maximum atomic E-state index is 15.1. The van der Waals surface area contributed by atoms with E-state index in [9.17, 15) is 9.59 Å². The number of carbonyl (C=O) groups excluding carboxylic acids is 2. The number of nitrogens with zero attached hydrogens (tertiary/aromatic N) is 4. The maximum Gasteiger partial charge on any atom is 0.325 e. The van der Waals surface area contributed by atoms with Crippen molar-refractivity contribution in [3.8, 4) is 22.4 Å². The highest BCUT2D eigenvalue weighted by atomic mass is 19.1. The molecule has 0 radical (unpaired) electrons. The fourth-order valence-electron chi connectivity index (χ4n) is 4.96. The van der Waals surface area contributed by atoms with Crippen LogP contribution in [0.1, 0.15) is 36.9 Å². The second-order valence-electron chi connectivity index (χ2n) is 11.5. The highest BCUT2D eigenvalue weighted by Crippen LogP contribution is 2.29. The smallest absolute Gasteiger partial charge is 0.325 e. The molecular weight excluding hydrogens is 549 g/mol. The first-order valence-electron chi connectivity index (χ1n) is 14.1. The van der Waals surface area contributed by atoms with Crippen molar-refractivity contribution >= 4 is 29.1 Å². The van der Waals surface area contributed by atoms with Crippen molar-refractivity contribution < 1.29 is 18.5 Å². The Bertz CT molecular complexity index is 1800. The van der Waals surface area contributed by atoms with Crippen molar-refractivity contribution in [2.45, 2.75) is 26.2 Å². The topological polar surface area (TPSA) is 117 Å². The summed E-state index contributed by atoms with van der Waals surface area (Å²) in [6.45, 7) is 8.94. The van der Waals surface area contributed by atoms with Crippen LogP contribution in [0.25, 0.3) is 28.0 Å². The highest BCUT2D eigenvalue weighted by molar-refractivity contribution is 5.99. The molecule has 2 aromatic carbocycles. The molecule has 3 aromatic heterocycles. The van der Waals surface area contributed by atoms with Gasteiger partial charge in [-0.05, 0) is 47.5 Å². The molecule has 0 aliphatic carbocycles. The van der Waals surface area contributed by atoms with E-state index >= 15 is 4.39 Å². The molecule has 43 heavy (non-hydrogen) atoms. The van der Waals surface area contributed by atoms with Crippen LogP contribution in [0.4, 0.5) is 20.7 Å². The van der Waals surface area contributed by atoms with Crippen molar-refractivity contribution in [1.82, 2.24) is 24.8 Å². The zero-order chi connectivity index (χ0) is 30.1. The standard InChI is InChI=1S/C32H32FN7O3/c1-32(2,3)27-18-28(38-43-27)37-31(42)36-25-9-8-23(16-24(25)33)26-19-35-29-17-22(10-13-40(26)29)20-4-6-21(7-5-20)30(41)39-14-11-34-12-15-39/h4-10,13,16-19,34H,11-12,14-15H2,1-3H3,(H2,36,37,38,42). The fraction of sp³-hybridized carbons (Fsp3) is 0.250. The Balaban J connectivity index is 1.15. The molecule has 0 atom stereocenters. The van der Waals surface area contributed by atoms with E-state index in [2.05, 4.69) is 26.1 Å². The van der Waals surface area contributed by atoms with Gasteiger partial charge in [0.25, 0.3) is 5.91 Å². The predicted molar refractivity (Wildman–Crippen MR) is 163 cm³/mol. The second kappa shape index (κ2) is 11.3. The monoisotopic (exact) mass is 581 g/mol. The first kappa shape index (κ1) is 28.1. The van der Waals surface area contributed by atoms with E-state index in [0.717, 1.165) is 24.2 Å². The zero-order valence-electron chi connectivity index (χ0n) is 24.1. The van der Waals surface area contributed by atoms with Crippen LogP contribution in [-0.2, 0) is 5.41 Å². The minimum Gasteiger partial charge on any atom is -0.359 e. The molecule has 3 amide bonds. The average molecular weight is 582 g/mol. The number of urea groups is 1. The summed E-state index contributed by atoms with van der Waals surface area (Å²) < 4.78 is 22.2. The number of imidazole rings is 1.